The number of hydrogen-bond donors (Lipinski definition) is 3. The van der Waals surface area contributed by atoms with Crippen molar-refractivity contribution >= 4 is 30.8 Å². The van der Waals surface area contributed by atoms with E-state index in [0.29, 0.717) is 41.1 Å². The fourth-order valence-corrected chi connectivity index (χ4v) is 7.14. The van der Waals surface area contributed by atoms with Crippen molar-refractivity contribution in [1.82, 2.24) is 4.98 Å². The molecule has 3 atom stereocenters. The van der Waals surface area contributed by atoms with E-state index in [2.05, 4.69) is 25.6 Å². The van der Waals surface area contributed by atoms with Crippen LogP contribution in [0.1, 0.15) is 71.4 Å². The van der Waals surface area contributed by atoms with Gasteiger partial charge in [0, 0.05) is 18.6 Å². The smallest absolute Gasteiger partial charge is 0.675 e. The fraction of sp³-hybridized carbons (Fsp3) is 0.441. The molecule has 238 valence electrons. The zero-order valence-electron chi connectivity index (χ0n) is 26.3. The van der Waals surface area contributed by atoms with Crippen molar-refractivity contribution in [2.45, 2.75) is 97.7 Å². The summed E-state index contributed by atoms with van der Waals surface area (Å²) >= 11 is 4.67. The molecule has 6 rings (SSSR count). The predicted molar refractivity (Wildman–Crippen MR) is 173 cm³/mol. The normalized spacial score (nSPS) is 30.6. The molecule has 8 bridgehead atoms. The molecule has 11 heteroatoms. The maximum absolute atomic E-state index is 12.1. The van der Waals surface area contributed by atoms with E-state index in [0.717, 1.165) is 61.8 Å². The first-order valence-electron chi connectivity index (χ1n) is 15.1. The molecule has 1 saturated heterocycles. The summed E-state index contributed by atoms with van der Waals surface area (Å²) in [4.78, 5) is 27.4. The molecule has 0 amide bonds. The van der Waals surface area contributed by atoms with Crippen LogP contribution in [0.25, 0.3) is 28.1 Å². The molecule has 0 aliphatic carbocycles. The quantitative estimate of drug-likeness (QED) is 0.152. The summed E-state index contributed by atoms with van der Waals surface area (Å²) < 4.78 is 0. The van der Waals surface area contributed by atoms with Crippen LogP contribution in [0.4, 0.5) is 0 Å². The number of aliphatic hydroxyl groups is 1. The van der Waals surface area contributed by atoms with Gasteiger partial charge in [0.1, 0.15) is 0 Å². The number of fused-ring (bicyclic) bond motifs is 8. The van der Waals surface area contributed by atoms with E-state index in [1.54, 1.807) is 6.08 Å². The van der Waals surface area contributed by atoms with Gasteiger partial charge in [-0.05, 0) is 64.4 Å². The first kappa shape index (κ1) is 33.4. The largest absolute Gasteiger partial charge is 4.00 e. The number of carboxylic acid groups (broad SMARTS) is 1. The van der Waals surface area contributed by atoms with Crippen molar-refractivity contribution in [3.63, 3.8) is 0 Å². The van der Waals surface area contributed by atoms with Gasteiger partial charge >= 0.3 is 23.0 Å². The Morgan fingerprint density at radius 2 is 1.62 bits per heavy atom. The Labute approximate surface area is 279 Å². The molecule has 9 nitrogen and oxygen atoms in total. The summed E-state index contributed by atoms with van der Waals surface area (Å²) in [6.07, 6.45) is 10.1. The summed E-state index contributed by atoms with van der Waals surface area (Å²) in [5.74, 6) is -0.852. The third-order valence-corrected chi connectivity index (χ3v) is 9.49. The molecule has 0 spiro atoms. The summed E-state index contributed by atoms with van der Waals surface area (Å²) in [6.45, 7) is 12.0. The van der Waals surface area contributed by atoms with Crippen LogP contribution in [0.5, 0.6) is 0 Å². The summed E-state index contributed by atoms with van der Waals surface area (Å²) in [5, 5.41) is 38.2. The molecule has 2 N–H and O–H groups in total. The molecular weight excluding hydrogens is 632 g/mol. The minimum atomic E-state index is -1.63. The van der Waals surface area contributed by atoms with Gasteiger partial charge in [0.05, 0.1) is 0 Å². The Hall–Kier alpha value is -2.92. The standard InChI is InChI=1S/C34H38N4O5S.Fe/c1-7-21-16(2)30-15-34(41)33(20(6)44)19(5)26(38-34)12-24-18(4)23(9-11-32-42-43-32)29(35-24)14-28-22(8-10-31(39)40)17(3)25(36-28)13-27(21)37-30;/h12-15,27,29,32,41,44H,7-11H2,1-6H3,(H,39,40);/q-4;+4/b24-12-,25-13-,28-14-,30-15-,33-20+;/t27-,29-,34-;/m1./s1. The number of hydrogen-bond acceptors (Lipinski definition) is 5. The number of carboxylic acids is 1. The van der Waals surface area contributed by atoms with Gasteiger partial charge in [-0.15, -0.1) is 52.6 Å². The van der Waals surface area contributed by atoms with E-state index in [9.17, 15) is 15.0 Å². The van der Waals surface area contributed by atoms with Crippen molar-refractivity contribution in [3.8, 4) is 0 Å². The molecule has 0 saturated carbocycles. The summed E-state index contributed by atoms with van der Waals surface area (Å²) in [5.41, 5.74) is 8.08. The van der Waals surface area contributed by atoms with E-state index >= 15 is 0 Å². The minimum absolute atomic E-state index is 0. The average Bonchev–Trinajstić information content (AvgIpc) is 3.52. The third kappa shape index (κ3) is 6.26. The Morgan fingerprint density at radius 3 is 2.27 bits per heavy atom. The fourth-order valence-electron chi connectivity index (χ4n) is 6.81. The SMILES string of the molecule is CCC1=C(C)/C2=C/[C@]3(O)[N-]C(=C(C)C/3=C(/C)S)/C=C3\[N-][C@H](/C=c4\[n-]/c(c(C)c4CCC(=O)O)=C\[C@H]1[N-]2)C(CCC1OO1)=C3C.[Fe+4]. The number of aliphatic carboxylic acids is 1. The van der Waals surface area contributed by atoms with Crippen molar-refractivity contribution in [2.24, 2.45) is 0 Å². The number of carbonyl (C=O) groups is 1. The molecule has 0 aromatic carbocycles. The Bertz CT molecular complexity index is 1760. The molecule has 0 unspecified atom stereocenters. The van der Waals surface area contributed by atoms with Crippen LogP contribution in [0.2, 0.25) is 0 Å². The Morgan fingerprint density at radius 1 is 0.978 bits per heavy atom. The van der Waals surface area contributed by atoms with Gasteiger partial charge in [-0.2, -0.15) is 9.78 Å². The molecule has 1 aromatic rings. The van der Waals surface area contributed by atoms with Crippen LogP contribution < -0.4 is 15.7 Å². The second kappa shape index (κ2) is 12.7. The molecule has 6 heterocycles. The van der Waals surface area contributed by atoms with Crippen LogP contribution in [-0.4, -0.2) is 40.3 Å². The minimum Gasteiger partial charge on any atom is -0.675 e. The average molecular weight is 671 g/mol. The first-order chi connectivity index (χ1) is 20.9. The number of thiol groups is 1. The van der Waals surface area contributed by atoms with E-state index in [-0.39, 0.29) is 41.9 Å². The van der Waals surface area contributed by atoms with E-state index in [1.165, 1.54) is 0 Å². The number of rotatable bonds is 7. The summed E-state index contributed by atoms with van der Waals surface area (Å²) in [7, 11) is 0. The maximum atomic E-state index is 12.1. The van der Waals surface area contributed by atoms with E-state index in [1.807, 2.05) is 46.8 Å². The Kier molecular flexibility index (Phi) is 9.44. The van der Waals surface area contributed by atoms with Gasteiger partial charge in [0.15, 0.2) is 0 Å². The van der Waals surface area contributed by atoms with Crippen LogP contribution in [0.3, 0.4) is 0 Å². The molecule has 5 aliphatic heterocycles. The number of aromatic nitrogens is 1. The number of nitrogens with zero attached hydrogens (tertiary/aromatic N) is 4. The van der Waals surface area contributed by atoms with Crippen molar-refractivity contribution in [1.29, 1.82) is 0 Å². The van der Waals surface area contributed by atoms with Crippen LogP contribution in [0, 0.1) is 6.92 Å². The third-order valence-electron chi connectivity index (χ3n) is 9.26. The van der Waals surface area contributed by atoms with Crippen molar-refractivity contribution in [3.05, 3.63) is 105 Å². The predicted octanol–water partition coefficient (Wildman–Crippen LogP) is 5.49. The van der Waals surface area contributed by atoms with Crippen LogP contribution in [0.15, 0.2) is 67.6 Å². The topological polar surface area (TPSA) is 139 Å². The van der Waals surface area contributed by atoms with Gasteiger partial charge in [0.2, 0.25) is 6.29 Å². The zero-order chi connectivity index (χ0) is 31.5. The second-order valence-electron chi connectivity index (χ2n) is 12.0. The maximum Gasteiger partial charge on any atom is 4.00 e. The monoisotopic (exact) mass is 670 g/mol. The molecular formula is C34H38FeN4O5S. The molecule has 5 aliphatic rings. The molecule has 1 fully saturated rings. The van der Waals surface area contributed by atoms with Gasteiger partial charge in [0.25, 0.3) is 0 Å². The van der Waals surface area contributed by atoms with Crippen molar-refractivity contribution in [2.75, 3.05) is 0 Å². The second-order valence-corrected chi connectivity index (χ2v) is 12.7. The summed E-state index contributed by atoms with van der Waals surface area (Å²) in [6, 6.07) is -0.577. The number of allylic oxidation sites excluding steroid dienone is 4. The van der Waals surface area contributed by atoms with E-state index < -0.39 is 11.7 Å². The van der Waals surface area contributed by atoms with Gasteiger partial charge in [-0.25, -0.2) is 0 Å². The van der Waals surface area contributed by atoms with Crippen LogP contribution >= 0.6 is 12.6 Å². The molecule has 45 heavy (non-hydrogen) atoms. The van der Waals surface area contributed by atoms with Gasteiger partial charge < -0.3 is 31.1 Å². The first-order valence-corrected chi connectivity index (χ1v) is 15.6. The zero-order valence-corrected chi connectivity index (χ0v) is 28.3. The van der Waals surface area contributed by atoms with E-state index in [4.69, 9.17) is 30.7 Å². The van der Waals surface area contributed by atoms with Gasteiger partial charge in [-0.3, -0.25) is 4.79 Å². The Balaban J connectivity index is 0.00000400. The van der Waals surface area contributed by atoms with Gasteiger partial charge in [-0.1, -0.05) is 70.2 Å². The van der Waals surface area contributed by atoms with Crippen molar-refractivity contribution < 1.29 is 41.9 Å². The van der Waals surface area contributed by atoms with Crippen LogP contribution in [-0.2, 0) is 38.1 Å². The molecule has 1 aromatic heterocycles. The molecule has 0 radical (unpaired) electrons.